The number of carbonyl (C=O) groups is 2. The van der Waals surface area contributed by atoms with E-state index in [-0.39, 0.29) is 29.4 Å². The molecule has 1 atom stereocenters. The van der Waals surface area contributed by atoms with Crippen molar-refractivity contribution in [3.05, 3.63) is 11.1 Å². The van der Waals surface area contributed by atoms with Crippen LogP contribution in [0, 0.1) is 17.8 Å². The van der Waals surface area contributed by atoms with Gasteiger partial charge in [-0.15, -0.1) is 0 Å². The van der Waals surface area contributed by atoms with Crippen LogP contribution in [0.1, 0.15) is 74.1 Å². The van der Waals surface area contributed by atoms with Gasteiger partial charge in [-0.25, -0.2) is 9.59 Å². The normalized spacial score (nSPS) is 14.2. The molecule has 0 radical (unpaired) electrons. The number of carboxylic acid groups (broad SMARTS) is 1. The molecule has 1 N–H and O–H groups in total. The zero-order valence-electron chi connectivity index (χ0n) is 15.8. The summed E-state index contributed by atoms with van der Waals surface area (Å²) in [5, 5.41) is 9.54. The summed E-state index contributed by atoms with van der Waals surface area (Å²) in [6.45, 7) is 14.0. The van der Waals surface area contributed by atoms with E-state index in [1.165, 1.54) is 0 Å². The minimum Gasteiger partial charge on any atom is -0.478 e. The molecular formula is C19H34O4. The average Bonchev–Trinajstić information content (AvgIpc) is 2.40. The Morgan fingerprint density at radius 3 is 1.74 bits per heavy atom. The smallest absolute Gasteiger partial charge is 0.334 e. The first kappa shape index (κ1) is 21.7. The average molecular weight is 326 g/mol. The molecule has 0 aromatic carbocycles. The second-order valence-corrected chi connectivity index (χ2v) is 7.43. The van der Waals surface area contributed by atoms with Gasteiger partial charge in [0.05, 0.1) is 0 Å². The molecule has 0 aliphatic carbocycles. The van der Waals surface area contributed by atoms with Crippen LogP contribution in [0.25, 0.3) is 0 Å². The van der Waals surface area contributed by atoms with Crippen LogP contribution in [-0.4, -0.2) is 23.1 Å². The molecule has 0 saturated carbocycles. The lowest BCUT2D eigenvalue weighted by atomic mass is 9.92. The number of aliphatic carboxylic acids is 1. The fraction of sp³-hybridized carbons (Fsp3) is 0.789. The second-order valence-electron chi connectivity index (χ2n) is 7.43. The number of ether oxygens (including phenoxy) is 1. The third kappa shape index (κ3) is 8.19. The highest BCUT2D eigenvalue weighted by Crippen LogP contribution is 2.24. The first-order chi connectivity index (χ1) is 10.6. The van der Waals surface area contributed by atoms with Crippen molar-refractivity contribution in [2.45, 2.75) is 80.3 Å². The van der Waals surface area contributed by atoms with Crippen LogP contribution in [-0.2, 0) is 14.3 Å². The molecule has 0 spiro atoms. The van der Waals surface area contributed by atoms with Gasteiger partial charge in [0.15, 0.2) is 0 Å². The molecule has 0 aliphatic rings. The Hall–Kier alpha value is -1.32. The van der Waals surface area contributed by atoms with Crippen LogP contribution < -0.4 is 0 Å². The first-order valence-electron chi connectivity index (χ1n) is 8.76. The summed E-state index contributed by atoms with van der Waals surface area (Å²) in [5.41, 5.74) is 0.542. The summed E-state index contributed by atoms with van der Waals surface area (Å²) >= 11 is 0. The van der Waals surface area contributed by atoms with Crippen molar-refractivity contribution in [3.8, 4) is 0 Å². The van der Waals surface area contributed by atoms with Gasteiger partial charge in [0.2, 0.25) is 0 Å². The fourth-order valence-corrected chi connectivity index (χ4v) is 2.51. The van der Waals surface area contributed by atoms with Gasteiger partial charge >= 0.3 is 11.9 Å². The molecule has 134 valence electrons. The molecule has 0 aromatic rings. The molecule has 0 amide bonds. The maximum absolute atomic E-state index is 12.7. The van der Waals surface area contributed by atoms with Crippen LogP contribution in [0.15, 0.2) is 11.1 Å². The van der Waals surface area contributed by atoms with E-state index in [1.807, 2.05) is 41.5 Å². The molecule has 0 aliphatic heterocycles. The second kappa shape index (κ2) is 10.5. The number of hydrogen-bond acceptors (Lipinski definition) is 3. The molecule has 0 rings (SSSR count). The van der Waals surface area contributed by atoms with E-state index in [2.05, 4.69) is 6.92 Å². The molecule has 0 fully saturated rings. The highest BCUT2D eigenvalue weighted by molar-refractivity contribution is 5.99. The van der Waals surface area contributed by atoms with Crippen molar-refractivity contribution in [2.24, 2.45) is 17.8 Å². The van der Waals surface area contributed by atoms with Crippen LogP contribution in [0.4, 0.5) is 0 Å². The molecule has 0 saturated heterocycles. The highest BCUT2D eigenvalue weighted by atomic mass is 16.5. The van der Waals surface area contributed by atoms with Gasteiger partial charge in [0.25, 0.3) is 0 Å². The van der Waals surface area contributed by atoms with E-state index in [0.717, 1.165) is 12.8 Å². The highest BCUT2D eigenvalue weighted by Gasteiger charge is 2.26. The molecule has 0 aromatic heterocycles. The summed E-state index contributed by atoms with van der Waals surface area (Å²) in [5.74, 6) is -0.875. The van der Waals surface area contributed by atoms with Gasteiger partial charge in [-0.3, -0.25) is 0 Å². The van der Waals surface area contributed by atoms with E-state index in [1.54, 1.807) is 0 Å². The van der Waals surface area contributed by atoms with E-state index >= 15 is 0 Å². The maximum Gasteiger partial charge on any atom is 0.334 e. The summed E-state index contributed by atoms with van der Waals surface area (Å²) in [7, 11) is 0. The Bertz CT molecular complexity index is 419. The van der Waals surface area contributed by atoms with E-state index in [0.29, 0.717) is 18.4 Å². The lowest BCUT2D eigenvalue weighted by Gasteiger charge is -2.23. The van der Waals surface area contributed by atoms with Crippen molar-refractivity contribution in [1.82, 2.24) is 0 Å². The summed E-state index contributed by atoms with van der Waals surface area (Å²) in [6.07, 6.45) is 2.38. The van der Waals surface area contributed by atoms with Crippen molar-refractivity contribution in [1.29, 1.82) is 0 Å². The minimum atomic E-state index is -1.01. The fourth-order valence-electron chi connectivity index (χ4n) is 2.51. The minimum absolute atomic E-state index is 0.163. The van der Waals surface area contributed by atoms with Gasteiger partial charge in [-0.05, 0) is 37.0 Å². The van der Waals surface area contributed by atoms with Gasteiger partial charge in [-0.2, -0.15) is 0 Å². The van der Waals surface area contributed by atoms with E-state index in [4.69, 9.17) is 4.74 Å². The predicted molar refractivity (Wildman–Crippen MR) is 93.2 cm³/mol. The molecule has 1 unspecified atom stereocenters. The number of carboxylic acids is 1. The Morgan fingerprint density at radius 1 is 0.913 bits per heavy atom. The zero-order chi connectivity index (χ0) is 18.2. The van der Waals surface area contributed by atoms with Crippen LogP contribution in [0.5, 0.6) is 0 Å². The Kier molecular flexibility index (Phi) is 9.85. The number of rotatable bonds is 10. The Morgan fingerprint density at radius 2 is 1.39 bits per heavy atom. The number of hydrogen-bond donors (Lipinski definition) is 1. The van der Waals surface area contributed by atoms with Gasteiger partial charge < -0.3 is 9.84 Å². The van der Waals surface area contributed by atoms with Gasteiger partial charge in [0, 0.05) is 11.1 Å². The zero-order valence-corrected chi connectivity index (χ0v) is 15.8. The topological polar surface area (TPSA) is 63.6 Å². The standard InChI is InChI=1S/C19H34O4/c1-8-9-17(14(6)7)23-19(22)16(11-13(4)5)15(18(20)21)10-12(2)3/h12-14,17H,8-11H2,1-7H3,(H,20,21)/b16-15-. The largest absolute Gasteiger partial charge is 0.478 e. The summed E-state index contributed by atoms with van der Waals surface area (Å²) in [4.78, 5) is 24.3. The third-order valence-corrected chi connectivity index (χ3v) is 3.67. The number of carbonyl (C=O) groups excluding carboxylic acids is 1. The van der Waals surface area contributed by atoms with E-state index < -0.39 is 11.9 Å². The predicted octanol–water partition coefficient (Wildman–Crippen LogP) is 4.83. The van der Waals surface area contributed by atoms with Gasteiger partial charge in [0.1, 0.15) is 6.10 Å². The first-order valence-corrected chi connectivity index (χ1v) is 8.76. The van der Waals surface area contributed by atoms with E-state index in [9.17, 15) is 14.7 Å². The monoisotopic (exact) mass is 326 g/mol. The summed E-state index contributed by atoms with van der Waals surface area (Å²) < 4.78 is 5.67. The third-order valence-electron chi connectivity index (χ3n) is 3.67. The lowest BCUT2D eigenvalue weighted by molar-refractivity contribution is -0.148. The molecular weight excluding hydrogens is 292 g/mol. The van der Waals surface area contributed by atoms with Crippen LogP contribution in [0.3, 0.4) is 0 Å². The van der Waals surface area contributed by atoms with Crippen molar-refractivity contribution in [3.63, 3.8) is 0 Å². The molecule has 4 heteroatoms. The van der Waals surface area contributed by atoms with Crippen LogP contribution in [0.2, 0.25) is 0 Å². The summed E-state index contributed by atoms with van der Waals surface area (Å²) in [6, 6.07) is 0. The lowest BCUT2D eigenvalue weighted by Crippen LogP contribution is -2.26. The molecule has 0 heterocycles. The molecule has 23 heavy (non-hydrogen) atoms. The Labute approximate surface area is 141 Å². The molecule has 4 nitrogen and oxygen atoms in total. The van der Waals surface area contributed by atoms with Crippen molar-refractivity contribution in [2.75, 3.05) is 0 Å². The van der Waals surface area contributed by atoms with Crippen molar-refractivity contribution >= 4 is 11.9 Å². The maximum atomic E-state index is 12.7. The molecule has 0 bridgehead atoms. The van der Waals surface area contributed by atoms with Crippen LogP contribution >= 0.6 is 0 Å². The van der Waals surface area contributed by atoms with Gasteiger partial charge in [-0.1, -0.05) is 54.9 Å². The number of esters is 1. The Balaban J connectivity index is 5.58. The quantitative estimate of drug-likeness (QED) is 0.461. The van der Waals surface area contributed by atoms with Crippen molar-refractivity contribution < 1.29 is 19.4 Å². The SMILES string of the molecule is CCCC(OC(=O)/C(CC(C)C)=C(/CC(C)C)C(=O)O)C(C)C.